The molecule has 1 aromatic carbocycles. The Morgan fingerprint density at radius 3 is 2.62 bits per heavy atom. The van der Waals surface area contributed by atoms with Gasteiger partial charge in [-0.25, -0.2) is 4.39 Å². The second kappa shape index (κ2) is 6.08. The van der Waals surface area contributed by atoms with E-state index in [1.54, 1.807) is 6.08 Å². The Bertz CT molecular complexity index is 693. The third-order valence-electron chi connectivity index (χ3n) is 5.17. The summed E-state index contributed by atoms with van der Waals surface area (Å²) in [6.07, 6.45) is 7.03. The van der Waals surface area contributed by atoms with Crippen LogP contribution in [-0.2, 0) is 20.9 Å². The Kier molecular flexibility index (Phi) is 3.91. The van der Waals surface area contributed by atoms with Crippen LogP contribution in [0.4, 0.5) is 4.39 Å². The third kappa shape index (κ3) is 3.10. The van der Waals surface area contributed by atoms with E-state index >= 15 is 0 Å². The number of ketones is 1. The summed E-state index contributed by atoms with van der Waals surface area (Å²) in [6, 6.07) is 9.45. The number of ether oxygens (including phenoxy) is 2. The van der Waals surface area contributed by atoms with E-state index in [1.807, 2.05) is 30.3 Å². The molecule has 0 radical (unpaired) electrons. The Labute approximate surface area is 141 Å². The minimum Gasteiger partial charge on any atom is -0.486 e. The molecule has 0 unspecified atom stereocenters. The van der Waals surface area contributed by atoms with Gasteiger partial charge in [0.15, 0.2) is 5.76 Å². The number of Topliss-reactive ketones (excluding diaryl/α,β-unsaturated/α-hetero) is 1. The molecule has 0 heterocycles. The quantitative estimate of drug-likeness (QED) is 0.793. The summed E-state index contributed by atoms with van der Waals surface area (Å²) in [5, 5.41) is 0. The Morgan fingerprint density at radius 2 is 1.92 bits per heavy atom. The van der Waals surface area contributed by atoms with Gasteiger partial charge in [0, 0.05) is 6.42 Å². The highest BCUT2D eigenvalue weighted by Crippen LogP contribution is 2.61. The van der Waals surface area contributed by atoms with Crippen molar-refractivity contribution in [3.8, 4) is 0 Å². The number of allylic oxidation sites excluding steroid dienone is 2. The largest absolute Gasteiger partial charge is 0.486 e. The van der Waals surface area contributed by atoms with Crippen LogP contribution in [0.1, 0.15) is 44.1 Å². The maximum atomic E-state index is 14.2. The zero-order valence-electron chi connectivity index (χ0n) is 13.6. The lowest BCUT2D eigenvalue weighted by molar-refractivity contribution is -0.122. The zero-order chi connectivity index (χ0) is 16.6. The molecule has 4 rings (SSSR count). The summed E-state index contributed by atoms with van der Waals surface area (Å²) in [7, 11) is 0. The normalized spacial score (nSPS) is 22.7. The zero-order valence-corrected chi connectivity index (χ0v) is 13.6. The van der Waals surface area contributed by atoms with E-state index in [4.69, 9.17) is 9.47 Å². The summed E-state index contributed by atoms with van der Waals surface area (Å²) in [6.45, 7) is 0.176. The molecule has 0 atom stereocenters. The Hall–Kier alpha value is -2.10. The standard InChI is InChI=1S/C20H21FO3/c21-16-7-4-8-17(24-15-11-20(12-15)9-10-20)18(22)19(16)23-13-14-5-2-1-3-6-14/h1-3,5-6,8,15H,4,7,9-13H2. The van der Waals surface area contributed by atoms with Gasteiger partial charge in [-0.2, -0.15) is 0 Å². The van der Waals surface area contributed by atoms with Crippen LogP contribution in [0.5, 0.6) is 0 Å². The van der Waals surface area contributed by atoms with E-state index in [1.165, 1.54) is 12.8 Å². The second-order valence-corrected chi connectivity index (χ2v) is 7.09. The maximum absolute atomic E-state index is 14.2. The van der Waals surface area contributed by atoms with Crippen LogP contribution >= 0.6 is 0 Å². The first-order chi connectivity index (χ1) is 11.7. The fourth-order valence-electron chi connectivity index (χ4n) is 3.50. The monoisotopic (exact) mass is 328 g/mol. The van der Waals surface area contributed by atoms with Crippen LogP contribution in [0, 0.1) is 5.41 Å². The van der Waals surface area contributed by atoms with Gasteiger partial charge in [-0.3, -0.25) is 4.79 Å². The van der Waals surface area contributed by atoms with Gasteiger partial charge in [0.2, 0.25) is 5.76 Å². The minimum atomic E-state index is -0.488. The predicted molar refractivity (Wildman–Crippen MR) is 87.5 cm³/mol. The molecule has 0 saturated heterocycles. The smallest absolute Gasteiger partial charge is 0.264 e. The van der Waals surface area contributed by atoms with Gasteiger partial charge < -0.3 is 9.47 Å². The van der Waals surface area contributed by atoms with Gasteiger partial charge in [0.25, 0.3) is 5.78 Å². The Morgan fingerprint density at radius 1 is 1.17 bits per heavy atom. The topological polar surface area (TPSA) is 35.5 Å². The van der Waals surface area contributed by atoms with E-state index in [0.29, 0.717) is 11.8 Å². The molecule has 0 aromatic heterocycles. The average molecular weight is 328 g/mol. The summed E-state index contributed by atoms with van der Waals surface area (Å²) in [4.78, 5) is 12.6. The van der Waals surface area contributed by atoms with Crippen molar-refractivity contribution in [2.24, 2.45) is 5.41 Å². The SMILES string of the molecule is O=C1C(OC2CC3(CC3)C2)=CCCC(F)=C1OCc1ccccc1. The minimum absolute atomic E-state index is 0.0965. The number of carbonyl (C=O) groups is 1. The van der Waals surface area contributed by atoms with Gasteiger partial charge in [-0.05, 0) is 49.2 Å². The van der Waals surface area contributed by atoms with Crippen molar-refractivity contribution >= 4 is 5.78 Å². The molecule has 0 bridgehead atoms. The highest BCUT2D eigenvalue weighted by Gasteiger charge is 2.54. The molecule has 3 nitrogen and oxygen atoms in total. The van der Waals surface area contributed by atoms with Crippen molar-refractivity contribution in [3.05, 3.63) is 59.3 Å². The van der Waals surface area contributed by atoms with Crippen molar-refractivity contribution in [3.63, 3.8) is 0 Å². The molecule has 3 aliphatic rings. The average Bonchev–Trinajstić information content (AvgIpc) is 3.35. The molecule has 2 saturated carbocycles. The molecule has 0 N–H and O–H groups in total. The Balaban J connectivity index is 1.42. The summed E-state index contributed by atoms with van der Waals surface area (Å²) in [5.74, 6) is -0.884. The number of hydrogen-bond acceptors (Lipinski definition) is 3. The first-order valence-electron chi connectivity index (χ1n) is 8.62. The van der Waals surface area contributed by atoms with Crippen molar-refractivity contribution in [1.82, 2.24) is 0 Å². The number of rotatable bonds is 5. The molecule has 24 heavy (non-hydrogen) atoms. The fourth-order valence-corrected chi connectivity index (χ4v) is 3.50. The molecule has 3 aliphatic carbocycles. The van der Waals surface area contributed by atoms with E-state index in [2.05, 4.69) is 0 Å². The molecule has 126 valence electrons. The lowest BCUT2D eigenvalue weighted by Crippen LogP contribution is -2.33. The van der Waals surface area contributed by atoms with E-state index in [0.717, 1.165) is 18.4 Å². The second-order valence-electron chi connectivity index (χ2n) is 7.09. The maximum Gasteiger partial charge on any atom is 0.264 e. The van der Waals surface area contributed by atoms with Gasteiger partial charge in [-0.1, -0.05) is 30.3 Å². The number of halogens is 1. The molecule has 1 spiro atoms. The molecule has 2 fully saturated rings. The van der Waals surface area contributed by atoms with E-state index < -0.39 is 11.6 Å². The van der Waals surface area contributed by atoms with Crippen LogP contribution in [0.25, 0.3) is 0 Å². The molecule has 0 aliphatic heterocycles. The summed E-state index contributed by atoms with van der Waals surface area (Å²) in [5.41, 5.74) is 1.41. The first-order valence-corrected chi connectivity index (χ1v) is 8.62. The number of hydrogen-bond donors (Lipinski definition) is 0. The van der Waals surface area contributed by atoms with E-state index in [9.17, 15) is 9.18 Å². The number of carbonyl (C=O) groups excluding carboxylic acids is 1. The molecule has 0 amide bonds. The van der Waals surface area contributed by atoms with Crippen LogP contribution in [0.15, 0.2) is 53.8 Å². The first kappa shape index (κ1) is 15.4. The lowest BCUT2D eigenvalue weighted by Gasteiger charge is -2.36. The molecular formula is C20H21FO3. The van der Waals surface area contributed by atoms with Crippen LogP contribution in [0.3, 0.4) is 0 Å². The van der Waals surface area contributed by atoms with Crippen molar-refractivity contribution < 1.29 is 18.7 Å². The molecule has 4 heteroatoms. The fraction of sp³-hybridized carbons (Fsp3) is 0.450. The van der Waals surface area contributed by atoms with Gasteiger partial charge in [0.1, 0.15) is 12.4 Å². The lowest BCUT2D eigenvalue weighted by atomic mass is 9.79. The van der Waals surface area contributed by atoms with Crippen LogP contribution < -0.4 is 0 Å². The van der Waals surface area contributed by atoms with Gasteiger partial charge in [0.05, 0.1) is 6.10 Å². The summed E-state index contributed by atoms with van der Waals surface area (Å²) < 4.78 is 25.6. The van der Waals surface area contributed by atoms with Crippen molar-refractivity contribution in [2.45, 2.75) is 51.2 Å². The van der Waals surface area contributed by atoms with Crippen LogP contribution in [-0.4, -0.2) is 11.9 Å². The van der Waals surface area contributed by atoms with Crippen molar-refractivity contribution in [2.75, 3.05) is 0 Å². The van der Waals surface area contributed by atoms with Gasteiger partial charge in [-0.15, -0.1) is 0 Å². The predicted octanol–water partition coefficient (Wildman–Crippen LogP) is 4.59. The number of benzene rings is 1. The van der Waals surface area contributed by atoms with E-state index in [-0.39, 0.29) is 30.6 Å². The third-order valence-corrected chi connectivity index (χ3v) is 5.17. The summed E-state index contributed by atoms with van der Waals surface area (Å²) >= 11 is 0. The van der Waals surface area contributed by atoms with Crippen molar-refractivity contribution in [1.29, 1.82) is 0 Å². The molecule has 1 aromatic rings. The highest BCUT2D eigenvalue weighted by atomic mass is 19.1. The van der Waals surface area contributed by atoms with Crippen LogP contribution in [0.2, 0.25) is 0 Å². The van der Waals surface area contributed by atoms with Gasteiger partial charge >= 0.3 is 0 Å². The highest BCUT2D eigenvalue weighted by molar-refractivity contribution is 6.06. The molecular weight excluding hydrogens is 307 g/mol.